The topological polar surface area (TPSA) is 111 Å². The van der Waals surface area contributed by atoms with Gasteiger partial charge in [-0.2, -0.15) is 5.48 Å². The number of benzene rings is 1. The standard InChI is InChI=1S/C11H14N2O5/c12-10(14)7-18-13-4-5-17-9-3-1-2-8(6-9)11(15)16/h1-3,6,13H,4-5,7H2,(H2,12,14)(H,15,16). The molecule has 0 heterocycles. The lowest BCUT2D eigenvalue weighted by molar-refractivity contribution is -0.125. The number of hydrogen-bond donors (Lipinski definition) is 3. The zero-order valence-electron chi connectivity index (χ0n) is 9.59. The van der Waals surface area contributed by atoms with Gasteiger partial charge in [0.25, 0.3) is 0 Å². The first kappa shape index (κ1) is 13.9. The summed E-state index contributed by atoms with van der Waals surface area (Å²) in [6, 6.07) is 6.14. The number of amides is 1. The molecule has 1 amide bonds. The van der Waals surface area contributed by atoms with Crippen molar-refractivity contribution in [1.29, 1.82) is 0 Å². The Hall–Kier alpha value is -2.12. The Kier molecular flexibility index (Phi) is 5.62. The third kappa shape index (κ3) is 5.28. The lowest BCUT2D eigenvalue weighted by atomic mass is 10.2. The number of carbonyl (C=O) groups is 2. The summed E-state index contributed by atoms with van der Waals surface area (Å²) in [5, 5.41) is 8.77. The van der Waals surface area contributed by atoms with E-state index in [0.29, 0.717) is 12.3 Å². The summed E-state index contributed by atoms with van der Waals surface area (Å²) in [5.74, 6) is -1.13. The van der Waals surface area contributed by atoms with Gasteiger partial charge in [-0.25, -0.2) is 4.79 Å². The van der Waals surface area contributed by atoms with Gasteiger partial charge in [0.1, 0.15) is 19.0 Å². The molecule has 0 fully saturated rings. The number of ether oxygens (including phenoxy) is 1. The third-order valence-electron chi connectivity index (χ3n) is 1.87. The van der Waals surface area contributed by atoms with Crippen LogP contribution in [0.4, 0.5) is 0 Å². The van der Waals surface area contributed by atoms with E-state index in [1.807, 2.05) is 0 Å². The molecule has 1 rings (SSSR count). The number of nitrogens with one attached hydrogen (secondary N) is 1. The fraction of sp³-hybridized carbons (Fsp3) is 0.273. The third-order valence-corrected chi connectivity index (χ3v) is 1.87. The number of primary amides is 1. The van der Waals surface area contributed by atoms with Crippen LogP contribution in [0.25, 0.3) is 0 Å². The molecule has 7 heteroatoms. The van der Waals surface area contributed by atoms with Gasteiger partial charge in [0.2, 0.25) is 5.91 Å². The summed E-state index contributed by atoms with van der Waals surface area (Å²) in [6.07, 6.45) is 0. The largest absolute Gasteiger partial charge is 0.492 e. The lowest BCUT2D eigenvalue weighted by Crippen LogP contribution is -2.27. The number of carboxylic acid groups (broad SMARTS) is 1. The van der Waals surface area contributed by atoms with Crippen molar-refractivity contribution in [3.8, 4) is 5.75 Å². The molecule has 0 radical (unpaired) electrons. The summed E-state index contributed by atoms with van der Waals surface area (Å²) in [5.41, 5.74) is 7.49. The highest BCUT2D eigenvalue weighted by molar-refractivity contribution is 5.87. The minimum atomic E-state index is -1.01. The Morgan fingerprint density at radius 2 is 2.17 bits per heavy atom. The molecular weight excluding hydrogens is 240 g/mol. The summed E-state index contributed by atoms with van der Waals surface area (Å²) < 4.78 is 5.28. The number of nitrogens with two attached hydrogens (primary N) is 1. The molecule has 0 aliphatic heterocycles. The van der Waals surface area contributed by atoms with Crippen LogP contribution < -0.4 is 16.0 Å². The zero-order chi connectivity index (χ0) is 13.4. The second-order valence-electron chi connectivity index (χ2n) is 3.33. The molecule has 18 heavy (non-hydrogen) atoms. The highest BCUT2D eigenvalue weighted by atomic mass is 16.6. The number of carbonyl (C=O) groups excluding carboxylic acids is 1. The first-order valence-electron chi connectivity index (χ1n) is 5.18. The normalized spacial score (nSPS) is 10.0. The van der Waals surface area contributed by atoms with Crippen LogP contribution >= 0.6 is 0 Å². The van der Waals surface area contributed by atoms with E-state index in [-0.39, 0.29) is 18.8 Å². The first-order chi connectivity index (χ1) is 8.59. The highest BCUT2D eigenvalue weighted by Crippen LogP contribution is 2.12. The average Bonchev–Trinajstić information content (AvgIpc) is 2.33. The molecule has 0 aliphatic rings. The summed E-state index contributed by atoms with van der Waals surface area (Å²) in [6.45, 7) is 0.390. The van der Waals surface area contributed by atoms with Crippen LogP contribution in [0.15, 0.2) is 24.3 Å². The van der Waals surface area contributed by atoms with Crippen LogP contribution in [-0.2, 0) is 9.63 Å². The van der Waals surface area contributed by atoms with Crippen LogP contribution in [0.1, 0.15) is 10.4 Å². The van der Waals surface area contributed by atoms with Crippen molar-refractivity contribution in [1.82, 2.24) is 5.48 Å². The fourth-order valence-corrected chi connectivity index (χ4v) is 1.12. The molecule has 0 saturated heterocycles. The van der Waals surface area contributed by atoms with E-state index in [1.165, 1.54) is 12.1 Å². The summed E-state index contributed by atoms with van der Waals surface area (Å²) in [4.78, 5) is 25.7. The molecule has 7 nitrogen and oxygen atoms in total. The van der Waals surface area contributed by atoms with Crippen molar-refractivity contribution in [2.75, 3.05) is 19.8 Å². The predicted octanol–water partition coefficient (Wildman–Crippen LogP) is -0.230. The molecule has 0 bridgehead atoms. The van der Waals surface area contributed by atoms with Crippen molar-refractivity contribution in [3.05, 3.63) is 29.8 Å². The summed E-state index contributed by atoms with van der Waals surface area (Å²) in [7, 11) is 0. The Morgan fingerprint density at radius 3 is 2.83 bits per heavy atom. The van der Waals surface area contributed by atoms with Gasteiger partial charge >= 0.3 is 5.97 Å². The molecule has 1 aromatic rings. The van der Waals surface area contributed by atoms with Crippen molar-refractivity contribution in [2.24, 2.45) is 5.73 Å². The minimum absolute atomic E-state index is 0.158. The number of aromatic carboxylic acids is 1. The SMILES string of the molecule is NC(=O)CONCCOc1cccc(C(=O)O)c1. The van der Waals surface area contributed by atoms with Gasteiger partial charge in [0.15, 0.2) is 0 Å². The number of carboxylic acids is 1. The van der Waals surface area contributed by atoms with E-state index in [4.69, 9.17) is 20.4 Å². The first-order valence-corrected chi connectivity index (χ1v) is 5.18. The van der Waals surface area contributed by atoms with E-state index in [2.05, 4.69) is 5.48 Å². The maximum atomic E-state index is 10.7. The van der Waals surface area contributed by atoms with Gasteiger partial charge < -0.3 is 15.6 Å². The van der Waals surface area contributed by atoms with Gasteiger partial charge in [-0.3, -0.25) is 9.63 Å². The second kappa shape index (κ2) is 7.25. The highest BCUT2D eigenvalue weighted by Gasteiger charge is 2.03. The van der Waals surface area contributed by atoms with Crippen LogP contribution in [0.2, 0.25) is 0 Å². The monoisotopic (exact) mass is 254 g/mol. The molecule has 0 atom stereocenters. The van der Waals surface area contributed by atoms with Gasteiger partial charge in [-0.1, -0.05) is 6.07 Å². The number of hydrogen-bond acceptors (Lipinski definition) is 5. The smallest absolute Gasteiger partial charge is 0.335 e. The van der Waals surface area contributed by atoms with Gasteiger partial charge in [0.05, 0.1) is 12.1 Å². The van der Waals surface area contributed by atoms with Crippen molar-refractivity contribution < 1.29 is 24.3 Å². The minimum Gasteiger partial charge on any atom is -0.492 e. The van der Waals surface area contributed by atoms with Crippen LogP contribution in [0.3, 0.4) is 0 Å². The predicted molar refractivity (Wildman–Crippen MR) is 62.0 cm³/mol. The molecule has 4 N–H and O–H groups in total. The molecule has 0 unspecified atom stereocenters. The maximum absolute atomic E-state index is 10.7. The fourth-order valence-electron chi connectivity index (χ4n) is 1.12. The van der Waals surface area contributed by atoms with E-state index in [1.54, 1.807) is 12.1 Å². The van der Waals surface area contributed by atoms with Gasteiger partial charge in [0, 0.05) is 0 Å². The molecule has 0 spiro atoms. The van der Waals surface area contributed by atoms with Crippen LogP contribution in [0, 0.1) is 0 Å². The van der Waals surface area contributed by atoms with E-state index < -0.39 is 11.9 Å². The quantitative estimate of drug-likeness (QED) is 0.436. The van der Waals surface area contributed by atoms with Crippen LogP contribution in [-0.4, -0.2) is 36.7 Å². The Balaban J connectivity index is 2.25. The van der Waals surface area contributed by atoms with Crippen LogP contribution in [0.5, 0.6) is 5.75 Å². The van der Waals surface area contributed by atoms with E-state index in [9.17, 15) is 9.59 Å². The van der Waals surface area contributed by atoms with Crippen molar-refractivity contribution in [2.45, 2.75) is 0 Å². The van der Waals surface area contributed by atoms with Gasteiger partial charge in [-0.15, -0.1) is 0 Å². The number of hydroxylamine groups is 1. The van der Waals surface area contributed by atoms with E-state index >= 15 is 0 Å². The van der Waals surface area contributed by atoms with Crippen molar-refractivity contribution in [3.63, 3.8) is 0 Å². The maximum Gasteiger partial charge on any atom is 0.335 e. The van der Waals surface area contributed by atoms with Crippen molar-refractivity contribution >= 4 is 11.9 Å². The molecule has 1 aromatic carbocycles. The number of rotatable bonds is 8. The molecule has 0 saturated carbocycles. The lowest BCUT2D eigenvalue weighted by Gasteiger charge is -2.07. The Labute approximate surface area is 103 Å². The Morgan fingerprint density at radius 1 is 1.39 bits per heavy atom. The van der Waals surface area contributed by atoms with Gasteiger partial charge in [-0.05, 0) is 18.2 Å². The Bertz CT molecular complexity index is 422. The second-order valence-corrected chi connectivity index (χ2v) is 3.33. The molecule has 0 aromatic heterocycles. The van der Waals surface area contributed by atoms with E-state index in [0.717, 1.165) is 0 Å². The molecule has 0 aliphatic carbocycles. The molecule has 98 valence electrons. The molecular formula is C11H14N2O5. The zero-order valence-corrected chi connectivity index (χ0v) is 9.59. The summed E-state index contributed by atoms with van der Waals surface area (Å²) >= 11 is 0. The average molecular weight is 254 g/mol.